The molecule has 3 N–H and O–H groups in total. The van der Waals surface area contributed by atoms with Crippen molar-refractivity contribution in [3.05, 3.63) is 0 Å². The van der Waals surface area contributed by atoms with Gasteiger partial charge in [0, 0.05) is 39.5 Å². The first-order chi connectivity index (χ1) is 10.2. The average Bonchev–Trinajstić information content (AvgIpc) is 2.49. The first-order valence-electron chi connectivity index (χ1n) is 8.30. The molecule has 1 amide bonds. The van der Waals surface area contributed by atoms with Crippen LogP contribution in [0.2, 0.25) is 0 Å². The highest BCUT2D eigenvalue weighted by molar-refractivity contribution is 5.83. The maximum Gasteiger partial charge on any atom is 0.227 e. The molecule has 0 radical (unpaired) electrons. The second kappa shape index (κ2) is 7.56. The molecule has 2 rings (SSSR count). The van der Waals surface area contributed by atoms with Gasteiger partial charge in [0.2, 0.25) is 5.91 Å². The molecule has 5 nitrogen and oxygen atoms in total. The van der Waals surface area contributed by atoms with Crippen molar-refractivity contribution >= 4 is 5.91 Å². The maximum atomic E-state index is 12.6. The molecule has 2 aliphatic rings. The number of hydrogen-bond donors (Lipinski definition) is 2. The smallest absolute Gasteiger partial charge is 0.227 e. The Morgan fingerprint density at radius 1 is 1.29 bits per heavy atom. The Hall–Kier alpha value is -0.650. The van der Waals surface area contributed by atoms with Crippen LogP contribution in [0.5, 0.6) is 0 Å². The molecule has 1 aliphatic heterocycles. The molecule has 0 aromatic rings. The van der Waals surface area contributed by atoms with Crippen LogP contribution in [0.25, 0.3) is 0 Å². The number of ether oxygens (including phenoxy) is 2. The number of nitrogens with one attached hydrogen (secondary N) is 1. The van der Waals surface area contributed by atoms with Crippen LogP contribution in [0.3, 0.4) is 0 Å². The van der Waals surface area contributed by atoms with Crippen LogP contribution < -0.4 is 11.1 Å². The van der Waals surface area contributed by atoms with Crippen molar-refractivity contribution in [2.75, 3.05) is 39.5 Å². The molecule has 5 heteroatoms. The van der Waals surface area contributed by atoms with Crippen LogP contribution in [0.15, 0.2) is 0 Å². The minimum absolute atomic E-state index is 0.121. The molecule has 0 aromatic heterocycles. The van der Waals surface area contributed by atoms with Crippen LogP contribution in [0, 0.1) is 10.8 Å². The number of carbonyl (C=O) groups excluding carboxylic acids is 1. The number of rotatable bonds is 8. The first kappa shape index (κ1) is 16.7. The number of carbonyl (C=O) groups is 1. The molecular weight excluding hydrogens is 268 g/mol. The fourth-order valence-electron chi connectivity index (χ4n) is 3.37. The molecule has 0 atom stereocenters. The first-order valence-corrected chi connectivity index (χ1v) is 8.30. The van der Waals surface area contributed by atoms with Crippen molar-refractivity contribution in [1.82, 2.24) is 5.32 Å². The van der Waals surface area contributed by atoms with Gasteiger partial charge in [0.1, 0.15) is 0 Å². The maximum absolute atomic E-state index is 12.6. The average molecular weight is 298 g/mol. The van der Waals surface area contributed by atoms with Crippen molar-refractivity contribution in [2.24, 2.45) is 16.6 Å². The molecule has 1 aliphatic carbocycles. The van der Waals surface area contributed by atoms with E-state index in [2.05, 4.69) is 5.32 Å². The molecule has 122 valence electrons. The molecule has 0 bridgehead atoms. The van der Waals surface area contributed by atoms with E-state index < -0.39 is 5.41 Å². The summed E-state index contributed by atoms with van der Waals surface area (Å²) in [7, 11) is 0. The quantitative estimate of drug-likeness (QED) is 0.665. The predicted molar refractivity (Wildman–Crippen MR) is 81.9 cm³/mol. The standard InChI is InChI=1S/C16H30N2O3/c1-2-20-9-6-15(4-3-5-15)13-18-14(19)16(12-17)7-10-21-11-8-16/h2-13,17H2,1H3,(H,18,19). The summed E-state index contributed by atoms with van der Waals surface area (Å²) in [5.74, 6) is 0.121. The fourth-order valence-corrected chi connectivity index (χ4v) is 3.37. The van der Waals surface area contributed by atoms with Crippen molar-refractivity contribution < 1.29 is 14.3 Å². The Morgan fingerprint density at radius 3 is 2.52 bits per heavy atom. The Balaban J connectivity index is 1.83. The summed E-state index contributed by atoms with van der Waals surface area (Å²) in [6.07, 6.45) is 6.17. The molecule has 1 saturated heterocycles. The Morgan fingerprint density at radius 2 is 2.00 bits per heavy atom. The van der Waals surface area contributed by atoms with Gasteiger partial charge in [-0.05, 0) is 44.4 Å². The lowest BCUT2D eigenvalue weighted by atomic mass is 9.66. The highest BCUT2D eigenvalue weighted by atomic mass is 16.5. The van der Waals surface area contributed by atoms with E-state index >= 15 is 0 Å². The summed E-state index contributed by atoms with van der Waals surface area (Å²) >= 11 is 0. The van der Waals surface area contributed by atoms with Crippen molar-refractivity contribution in [3.8, 4) is 0 Å². The Bertz CT molecular complexity index is 336. The molecule has 21 heavy (non-hydrogen) atoms. The van der Waals surface area contributed by atoms with Gasteiger partial charge in [0.25, 0.3) is 0 Å². The van der Waals surface area contributed by atoms with Gasteiger partial charge in [-0.25, -0.2) is 0 Å². The van der Waals surface area contributed by atoms with Crippen molar-refractivity contribution in [1.29, 1.82) is 0 Å². The third-order valence-corrected chi connectivity index (χ3v) is 5.34. The predicted octanol–water partition coefficient (Wildman–Crippen LogP) is 1.46. The number of nitrogens with two attached hydrogens (primary N) is 1. The van der Waals surface area contributed by atoms with Gasteiger partial charge in [0.05, 0.1) is 5.41 Å². The Kier molecular flexibility index (Phi) is 6.02. The second-order valence-corrected chi connectivity index (χ2v) is 6.58. The zero-order chi connectivity index (χ0) is 15.2. The van der Waals surface area contributed by atoms with E-state index in [9.17, 15) is 4.79 Å². The van der Waals surface area contributed by atoms with Crippen molar-refractivity contribution in [3.63, 3.8) is 0 Å². The summed E-state index contributed by atoms with van der Waals surface area (Å²) in [6, 6.07) is 0. The summed E-state index contributed by atoms with van der Waals surface area (Å²) in [6.45, 7) is 6.03. The van der Waals surface area contributed by atoms with Crippen molar-refractivity contribution in [2.45, 2.75) is 45.4 Å². The van der Waals surface area contributed by atoms with Crippen LogP contribution >= 0.6 is 0 Å². The van der Waals surface area contributed by atoms with E-state index in [0.29, 0.717) is 19.8 Å². The summed E-state index contributed by atoms with van der Waals surface area (Å²) in [4.78, 5) is 12.6. The van der Waals surface area contributed by atoms with Crippen LogP contribution in [-0.2, 0) is 14.3 Å². The van der Waals surface area contributed by atoms with E-state index in [-0.39, 0.29) is 11.3 Å². The van der Waals surface area contributed by atoms with E-state index in [1.165, 1.54) is 19.3 Å². The molecule has 1 saturated carbocycles. The summed E-state index contributed by atoms with van der Waals surface area (Å²) < 4.78 is 10.8. The largest absolute Gasteiger partial charge is 0.382 e. The summed E-state index contributed by atoms with van der Waals surface area (Å²) in [5, 5.41) is 3.18. The van der Waals surface area contributed by atoms with Gasteiger partial charge in [-0.2, -0.15) is 0 Å². The fraction of sp³-hybridized carbons (Fsp3) is 0.938. The molecule has 1 heterocycles. The van der Waals surface area contributed by atoms with Gasteiger partial charge in [0.15, 0.2) is 0 Å². The SMILES string of the molecule is CCOCCC1(CNC(=O)C2(CN)CCOCC2)CCC1. The van der Waals surface area contributed by atoms with E-state index in [0.717, 1.165) is 39.0 Å². The minimum atomic E-state index is -0.414. The van der Waals surface area contributed by atoms with Crippen LogP contribution in [0.1, 0.15) is 45.4 Å². The lowest BCUT2D eigenvalue weighted by molar-refractivity contribution is -0.137. The second-order valence-electron chi connectivity index (χ2n) is 6.58. The van der Waals surface area contributed by atoms with Gasteiger partial charge in [-0.1, -0.05) is 6.42 Å². The zero-order valence-electron chi connectivity index (χ0n) is 13.3. The molecule has 0 spiro atoms. The Labute approximate surface area is 127 Å². The zero-order valence-corrected chi connectivity index (χ0v) is 13.3. The molecule has 2 fully saturated rings. The van der Waals surface area contributed by atoms with E-state index in [1.807, 2.05) is 6.92 Å². The molecular formula is C16H30N2O3. The normalized spacial score (nSPS) is 23.3. The lowest BCUT2D eigenvalue weighted by Crippen LogP contribution is -2.52. The van der Waals surface area contributed by atoms with Gasteiger partial charge >= 0.3 is 0 Å². The third kappa shape index (κ3) is 3.96. The van der Waals surface area contributed by atoms with Gasteiger partial charge < -0.3 is 20.5 Å². The van der Waals surface area contributed by atoms with E-state index in [4.69, 9.17) is 15.2 Å². The molecule has 0 unspecified atom stereocenters. The van der Waals surface area contributed by atoms with Crippen LogP contribution in [0.4, 0.5) is 0 Å². The molecule has 0 aromatic carbocycles. The number of hydrogen-bond acceptors (Lipinski definition) is 4. The monoisotopic (exact) mass is 298 g/mol. The third-order valence-electron chi connectivity index (χ3n) is 5.34. The number of amides is 1. The van der Waals surface area contributed by atoms with Gasteiger partial charge in [-0.15, -0.1) is 0 Å². The minimum Gasteiger partial charge on any atom is -0.382 e. The topological polar surface area (TPSA) is 73.6 Å². The van der Waals surface area contributed by atoms with Crippen LogP contribution in [-0.4, -0.2) is 45.4 Å². The lowest BCUT2D eigenvalue weighted by Gasteiger charge is -2.43. The van der Waals surface area contributed by atoms with Gasteiger partial charge in [-0.3, -0.25) is 4.79 Å². The summed E-state index contributed by atoms with van der Waals surface area (Å²) in [5.41, 5.74) is 5.73. The highest BCUT2D eigenvalue weighted by Crippen LogP contribution is 2.43. The highest BCUT2D eigenvalue weighted by Gasteiger charge is 2.41. The van der Waals surface area contributed by atoms with E-state index in [1.54, 1.807) is 0 Å².